The van der Waals surface area contributed by atoms with E-state index in [2.05, 4.69) is 9.88 Å². The quantitative estimate of drug-likeness (QED) is 0.468. The molecule has 1 saturated heterocycles. The van der Waals surface area contributed by atoms with Crippen LogP contribution in [0.4, 0.5) is 0 Å². The van der Waals surface area contributed by atoms with Crippen LogP contribution in [0.25, 0.3) is 22.3 Å². The van der Waals surface area contributed by atoms with E-state index in [1.165, 1.54) is 29.6 Å². The van der Waals surface area contributed by atoms with Crippen LogP contribution in [0.15, 0.2) is 34.0 Å². The molecular formula is C25H32N4O6S. The fourth-order valence-electron chi connectivity index (χ4n) is 4.44. The molecule has 2 aromatic carbocycles. The standard InChI is InChI=1S/C25H32N4O6S/c1-5-7-17-21(34-4)15-19(30)22-23(17)26-24(27-25(22)31)18-14-16(8-9-20(18)35-6-2)36(32,33)29-12-10-28(3)11-13-29/h8-9,14-15,30H,5-7,10-13H2,1-4H3,(H,26,27,31). The molecule has 36 heavy (non-hydrogen) atoms. The number of nitrogens with one attached hydrogen (secondary N) is 1. The Morgan fingerprint density at radius 3 is 2.47 bits per heavy atom. The minimum Gasteiger partial charge on any atom is -0.507 e. The molecule has 3 aromatic rings. The first-order valence-corrected chi connectivity index (χ1v) is 13.4. The number of aromatic amines is 1. The molecule has 0 saturated carbocycles. The van der Waals surface area contributed by atoms with Crippen molar-refractivity contribution in [3.05, 3.63) is 40.2 Å². The number of hydrogen-bond acceptors (Lipinski definition) is 8. The second-order valence-electron chi connectivity index (χ2n) is 8.76. The van der Waals surface area contributed by atoms with Gasteiger partial charge in [0.25, 0.3) is 5.56 Å². The van der Waals surface area contributed by atoms with Gasteiger partial charge in [-0.1, -0.05) is 13.3 Å². The van der Waals surface area contributed by atoms with Crippen LogP contribution < -0.4 is 15.0 Å². The summed E-state index contributed by atoms with van der Waals surface area (Å²) < 4.78 is 39.5. The number of aryl methyl sites for hydroxylation is 1. The van der Waals surface area contributed by atoms with Gasteiger partial charge in [-0.25, -0.2) is 13.4 Å². The monoisotopic (exact) mass is 516 g/mol. The molecule has 10 nitrogen and oxygen atoms in total. The number of phenols is 1. The van der Waals surface area contributed by atoms with Gasteiger partial charge in [0.05, 0.1) is 29.7 Å². The highest BCUT2D eigenvalue weighted by Gasteiger charge is 2.29. The summed E-state index contributed by atoms with van der Waals surface area (Å²) in [5.74, 6) is 0.735. The molecule has 0 bridgehead atoms. The Morgan fingerprint density at radius 2 is 1.83 bits per heavy atom. The average Bonchev–Trinajstić information content (AvgIpc) is 2.85. The number of likely N-dealkylation sites (N-methyl/N-ethyl adjacent to an activating group) is 1. The predicted molar refractivity (Wildman–Crippen MR) is 137 cm³/mol. The van der Waals surface area contributed by atoms with Crippen molar-refractivity contribution in [3.63, 3.8) is 0 Å². The van der Waals surface area contributed by atoms with E-state index in [1.807, 2.05) is 20.9 Å². The minimum atomic E-state index is -3.76. The second-order valence-corrected chi connectivity index (χ2v) is 10.7. The first-order valence-electron chi connectivity index (χ1n) is 12.0. The first-order chi connectivity index (χ1) is 17.2. The number of hydrogen-bond donors (Lipinski definition) is 2. The van der Waals surface area contributed by atoms with Gasteiger partial charge in [0.2, 0.25) is 10.0 Å². The summed E-state index contributed by atoms with van der Waals surface area (Å²) in [4.78, 5) is 22.7. The van der Waals surface area contributed by atoms with Crippen LogP contribution in [-0.2, 0) is 16.4 Å². The van der Waals surface area contributed by atoms with Gasteiger partial charge in [0, 0.05) is 37.8 Å². The van der Waals surface area contributed by atoms with Crippen molar-refractivity contribution in [3.8, 4) is 28.6 Å². The maximum Gasteiger partial charge on any atom is 0.262 e. The van der Waals surface area contributed by atoms with Crippen molar-refractivity contribution >= 4 is 20.9 Å². The number of phenolic OH excluding ortho intramolecular Hbond substituents is 1. The van der Waals surface area contributed by atoms with Crippen LogP contribution in [-0.4, -0.2) is 79.6 Å². The highest BCUT2D eigenvalue weighted by atomic mass is 32.2. The van der Waals surface area contributed by atoms with Gasteiger partial charge in [-0.2, -0.15) is 4.31 Å². The fraction of sp³-hybridized carbons (Fsp3) is 0.440. The molecule has 1 aromatic heterocycles. The third-order valence-corrected chi connectivity index (χ3v) is 8.25. The van der Waals surface area contributed by atoms with Gasteiger partial charge in [0.15, 0.2) is 0 Å². The number of rotatable bonds is 8. The number of aromatic hydroxyl groups is 1. The molecule has 2 N–H and O–H groups in total. The molecule has 194 valence electrons. The van der Waals surface area contributed by atoms with Crippen molar-refractivity contribution in [2.75, 3.05) is 46.9 Å². The summed E-state index contributed by atoms with van der Waals surface area (Å²) in [5.41, 5.74) is 0.805. The smallest absolute Gasteiger partial charge is 0.262 e. The fourth-order valence-corrected chi connectivity index (χ4v) is 5.89. The third kappa shape index (κ3) is 4.78. The van der Waals surface area contributed by atoms with Crippen LogP contribution in [0.5, 0.6) is 17.2 Å². The van der Waals surface area contributed by atoms with Gasteiger partial charge in [-0.05, 0) is 38.6 Å². The molecule has 0 radical (unpaired) electrons. The van der Waals surface area contributed by atoms with Crippen molar-refractivity contribution in [2.24, 2.45) is 0 Å². The maximum absolute atomic E-state index is 13.4. The average molecular weight is 517 g/mol. The van der Waals surface area contributed by atoms with E-state index in [0.717, 1.165) is 6.42 Å². The van der Waals surface area contributed by atoms with Gasteiger partial charge in [-0.3, -0.25) is 4.79 Å². The summed E-state index contributed by atoms with van der Waals surface area (Å²) in [6.45, 7) is 6.23. The minimum absolute atomic E-state index is 0.0576. The number of methoxy groups -OCH3 is 1. The second kappa shape index (κ2) is 10.5. The van der Waals surface area contributed by atoms with E-state index >= 15 is 0 Å². The van der Waals surface area contributed by atoms with E-state index < -0.39 is 15.6 Å². The predicted octanol–water partition coefficient (Wildman–Crippen LogP) is 2.59. The molecule has 0 aliphatic carbocycles. The van der Waals surface area contributed by atoms with E-state index in [1.54, 1.807) is 6.07 Å². The topological polar surface area (TPSA) is 125 Å². The highest BCUT2D eigenvalue weighted by molar-refractivity contribution is 7.89. The van der Waals surface area contributed by atoms with Gasteiger partial charge < -0.3 is 24.5 Å². The number of fused-ring (bicyclic) bond motifs is 1. The Balaban J connectivity index is 1.92. The van der Waals surface area contributed by atoms with Crippen LogP contribution in [0.2, 0.25) is 0 Å². The molecule has 0 unspecified atom stereocenters. The number of H-pyrrole nitrogens is 1. The van der Waals surface area contributed by atoms with E-state index in [9.17, 15) is 18.3 Å². The Hall–Kier alpha value is -3.15. The summed E-state index contributed by atoms with van der Waals surface area (Å²) in [6.07, 6.45) is 1.34. The zero-order chi connectivity index (χ0) is 26.0. The van der Waals surface area contributed by atoms with E-state index in [4.69, 9.17) is 14.5 Å². The summed E-state index contributed by atoms with van der Waals surface area (Å²) >= 11 is 0. The van der Waals surface area contributed by atoms with Crippen molar-refractivity contribution in [1.29, 1.82) is 0 Å². The van der Waals surface area contributed by atoms with Crippen molar-refractivity contribution in [2.45, 2.75) is 31.6 Å². The van der Waals surface area contributed by atoms with Crippen LogP contribution >= 0.6 is 0 Å². The lowest BCUT2D eigenvalue weighted by Gasteiger charge is -2.31. The third-order valence-electron chi connectivity index (χ3n) is 6.35. The molecule has 0 spiro atoms. The number of piperazine rings is 1. The Labute approximate surface area is 210 Å². The zero-order valence-electron chi connectivity index (χ0n) is 21.0. The Morgan fingerprint density at radius 1 is 1.11 bits per heavy atom. The summed E-state index contributed by atoms with van der Waals surface area (Å²) in [7, 11) is -0.311. The SMILES string of the molecule is CCCc1c(OC)cc(O)c2c(=O)[nH]c(-c3cc(S(=O)(=O)N4CCN(C)CC4)ccc3OCC)nc12. The molecule has 1 aliphatic heterocycles. The summed E-state index contributed by atoms with van der Waals surface area (Å²) in [5, 5.41) is 10.6. The lowest BCUT2D eigenvalue weighted by molar-refractivity contribution is 0.222. The van der Waals surface area contributed by atoms with E-state index in [-0.39, 0.29) is 21.9 Å². The molecule has 11 heteroatoms. The lowest BCUT2D eigenvalue weighted by Crippen LogP contribution is -2.47. The lowest BCUT2D eigenvalue weighted by atomic mass is 10.0. The van der Waals surface area contributed by atoms with Gasteiger partial charge in [-0.15, -0.1) is 0 Å². The number of ether oxygens (including phenoxy) is 2. The number of nitrogens with zero attached hydrogens (tertiary/aromatic N) is 3. The highest BCUT2D eigenvalue weighted by Crippen LogP contribution is 2.36. The Bertz CT molecular complexity index is 1430. The molecule has 2 heterocycles. The normalized spacial score (nSPS) is 15.3. The first kappa shape index (κ1) is 25.9. The van der Waals surface area contributed by atoms with E-state index in [0.29, 0.717) is 67.3 Å². The molecule has 0 atom stereocenters. The maximum atomic E-state index is 13.4. The molecule has 1 fully saturated rings. The molecule has 1 aliphatic rings. The van der Waals surface area contributed by atoms with Crippen LogP contribution in [0.3, 0.4) is 0 Å². The van der Waals surface area contributed by atoms with Crippen LogP contribution in [0.1, 0.15) is 25.8 Å². The molecular weight excluding hydrogens is 484 g/mol. The van der Waals surface area contributed by atoms with Crippen molar-refractivity contribution in [1.82, 2.24) is 19.2 Å². The van der Waals surface area contributed by atoms with Gasteiger partial charge in [0.1, 0.15) is 28.5 Å². The molecule has 4 rings (SSSR count). The largest absolute Gasteiger partial charge is 0.507 e. The van der Waals surface area contributed by atoms with Crippen LogP contribution in [0, 0.1) is 0 Å². The van der Waals surface area contributed by atoms with Crippen molar-refractivity contribution < 1.29 is 23.0 Å². The van der Waals surface area contributed by atoms with Gasteiger partial charge >= 0.3 is 0 Å². The number of sulfonamides is 1. The molecule has 0 amide bonds. The Kier molecular flexibility index (Phi) is 7.53. The zero-order valence-corrected chi connectivity index (χ0v) is 21.8. The summed E-state index contributed by atoms with van der Waals surface area (Å²) in [6, 6.07) is 6.00. The number of aromatic nitrogens is 2. The number of benzene rings is 2.